The Morgan fingerprint density at radius 1 is 1.05 bits per heavy atom. The molecule has 0 radical (unpaired) electrons. The molecule has 0 saturated heterocycles. The van der Waals surface area contributed by atoms with Crippen molar-refractivity contribution in [3.63, 3.8) is 0 Å². The summed E-state index contributed by atoms with van der Waals surface area (Å²) in [4.78, 5) is 24.4. The van der Waals surface area contributed by atoms with Crippen LogP contribution in [0.3, 0.4) is 0 Å². The summed E-state index contributed by atoms with van der Waals surface area (Å²) in [5.74, 6) is 0.532. The van der Waals surface area contributed by atoms with E-state index in [-0.39, 0.29) is 5.91 Å². The second-order valence-electron chi connectivity index (χ2n) is 5.78. The molecule has 0 atom stereocenters. The molecular formula is C15H28N6O. The third-order valence-electron chi connectivity index (χ3n) is 3.06. The van der Waals surface area contributed by atoms with Crippen molar-refractivity contribution < 1.29 is 4.79 Å². The molecule has 1 amide bonds. The van der Waals surface area contributed by atoms with Gasteiger partial charge in [0.1, 0.15) is 17.8 Å². The molecule has 0 saturated carbocycles. The molecule has 1 aromatic heterocycles. The molecular weight excluding hydrogens is 280 g/mol. The van der Waals surface area contributed by atoms with E-state index in [1.165, 1.54) is 6.33 Å². The summed E-state index contributed by atoms with van der Waals surface area (Å²) < 4.78 is 0. The number of amides is 1. The second kappa shape index (κ2) is 10.1. The average Bonchev–Trinajstić information content (AvgIpc) is 2.48. The van der Waals surface area contributed by atoms with Crippen LogP contribution in [0.2, 0.25) is 0 Å². The normalized spacial score (nSPS) is 11.0. The summed E-state index contributed by atoms with van der Waals surface area (Å²) in [7, 11) is 8.12. The number of carbonyl (C=O) groups is 1. The third-order valence-corrected chi connectivity index (χ3v) is 3.06. The number of hydrogen-bond acceptors (Lipinski definition) is 6. The molecule has 1 aromatic rings. The van der Waals surface area contributed by atoms with E-state index in [0.717, 1.165) is 32.5 Å². The van der Waals surface area contributed by atoms with Gasteiger partial charge in [0, 0.05) is 19.2 Å². The van der Waals surface area contributed by atoms with Crippen molar-refractivity contribution in [2.24, 2.45) is 0 Å². The summed E-state index contributed by atoms with van der Waals surface area (Å²) in [5.41, 5.74) is 0.398. The number of hydrogen-bond donors (Lipinski definition) is 2. The SMILES string of the molecule is CN(C)CCCNC(=O)c1cc(NCCCN(C)C)ncn1. The van der Waals surface area contributed by atoms with Crippen LogP contribution in [0.1, 0.15) is 23.3 Å². The van der Waals surface area contributed by atoms with Gasteiger partial charge in [-0.2, -0.15) is 0 Å². The molecule has 0 aliphatic heterocycles. The molecule has 0 spiro atoms. The van der Waals surface area contributed by atoms with Crippen LogP contribution < -0.4 is 10.6 Å². The lowest BCUT2D eigenvalue weighted by Crippen LogP contribution is -2.28. The minimum atomic E-state index is -0.155. The maximum Gasteiger partial charge on any atom is 0.270 e. The van der Waals surface area contributed by atoms with Crippen molar-refractivity contribution in [1.82, 2.24) is 25.1 Å². The maximum atomic E-state index is 12.0. The first-order valence-electron chi connectivity index (χ1n) is 7.62. The fourth-order valence-electron chi connectivity index (χ4n) is 1.88. The Morgan fingerprint density at radius 3 is 2.32 bits per heavy atom. The van der Waals surface area contributed by atoms with Gasteiger partial charge in [0.15, 0.2) is 0 Å². The molecule has 124 valence electrons. The van der Waals surface area contributed by atoms with Crippen LogP contribution in [-0.4, -0.2) is 80.0 Å². The molecule has 22 heavy (non-hydrogen) atoms. The van der Waals surface area contributed by atoms with Crippen LogP contribution in [0, 0.1) is 0 Å². The van der Waals surface area contributed by atoms with E-state index in [9.17, 15) is 4.79 Å². The van der Waals surface area contributed by atoms with E-state index in [4.69, 9.17) is 0 Å². The molecule has 0 bridgehead atoms. The fraction of sp³-hybridized carbons (Fsp3) is 0.667. The quantitative estimate of drug-likeness (QED) is 0.614. The van der Waals surface area contributed by atoms with Gasteiger partial charge in [0.2, 0.25) is 0 Å². The first-order chi connectivity index (χ1) is 10.5. The fourth-order valence-corrected chi connectivity index (χ4v) is 1.88. The molecule has 2 N–H and O–H groups in total. The van der Waals surface area contributed by atoms with E-state index in [2.05, 4.69) is 30.4 Å². The highest BCUT2D eigenvalue weighted by Gasteiger charge is 2.08. The van der Waals surface area contributed by atoms with Crippen LogP contribution in [-0.2, 0) is 0 Å². The van der Waals surface area contributed by atoms with Crippen molar-refractivity contribution in [3.8, 4) is 0 Å². The van der Waals surface area contributed by atoms with Crippen molar-refractivity contribution in [2.45, 2.75) is 12.8 Å². The molecule has 7 heteroatoms. The topological polar surface area (TPSA) is 73.4 Å². The number of nitrogens with one attached hydrogen (secondary N) is 2. The molecule has 1 heterocycles. The zero-order valence-corrected chi connectivity index (χ0v) is 14.1. The number of anilines is 1. The largest absolute Gasteiger partial charge is 0.370 e. The summed E-state index contributed by atoms with van der Waals surface area (Å²) in [6, 6.07) is 1.69. The molecule has 1 rings (SSSR count). The summed E-state index contributed by atoms with van der Waals surface area (Å²) in [5, 5.41) is 6.09. The van der Waals surface area contributed by atoms with Gasteiger partial charge >= 0.3 is 0 Å². The van der Waals surface area contributed by atoms with E-state index in [0.29, 0.717) is 18.1 Å². The van der Waals surface area contributed by atoms with Crippen LogP contribution in [0.25, 0.3) is 0 Å². The van der Waals surface area contributed by atoms with Gasteiger partial charge in [-0.3, -0.25) is 4.79 Å². The first kappa shape index (κ1) is 18.3. The van der Waals surface area contributed by atoms with Crippen LogP contribution in [0.5, 0.6) is 0 Å². The third kappa shape index (κ3) is 7.90. The Hall–Kier alpha value is -1.73. The van der Waals surface area contributed by atoms with Crippen LogP contribution >= 0.6 is 0 Å². The number of rotatable bonds is 10. The highest BCUT2D eigenvalue weighted by Crippen LogP contribution is 2.04. The highest BCUT2D eigenvalue weighted by atomic mass is 16.1. The highest BCUT2D eigenvalue weighted by molar-refractivity contribution is 5.92. The first-order valence-corrected chi connectivity index (χ1v) is 7.62. The maximum absolute atomic E-state index is 12.0. The lowest BCUT2D eigenvalue weighted by Gasteiger charge is -2.11. The standard InChI is InChI=1S/C15H28N6O/c1-20(2)9-5-7-16-14-11-13(18-12-19-14)15(22)17-8-6-10-21(3)4/h11-12H,5-10H2,1-4H3,(H,17,22)(H,16,18,19). The van der Waals surface area contributed by atoms with E-state index in [1.54, 1.807) is 6.07 Å². The summed E-state index contributed by atoms with van der Waals surface area (Å²) in [6.45, 7) is 3.42. The Kier molecular flexibility index (Phi) is 8.39. The van der Waals surface area contributed by atoms with Gasteiger partial charge in [0.05, 0.1) is 0 Å². The van der Waals surface area contributed by atoms with Crippen LogP contribution in [0.4, 0.5) is 5.82 Å². The zero-order valence-electron chi connectivity index (χ0n) is 14.1. The van der Waals surface area contributed by atoms with Gasteiger partial charge in [-0.15, -0.1) is 0 Å². The molecule has 0 fully saturated rings. The van der Waals surface area contributed by atoms with Crippen molar-refractivity contribution >= 4 is 11.7 Å². The monoisotopic (exact) mass is 308 g/mol. The lowest BCUT2D eigenvalue weighted by atomic mass is 10.3. The summed E-state index contributed by atoms with van der Waals surface area (Å²) in [6.07, 6.45) is 3.35. The Labute approximate surface area is 133 Å². The number of carbonyl (C=O) groups excluding carboxylic acids is 1. The van der Waals surface area contributed by atoms with Crippen LogP contribution in [0.15, 0.2) is 12.4 Å². The van der Waals surface area contributed by atoms with Gasteiger partial charge < -0.3 is 20.4 Å². The molecule has 0 aliphatic carbocycles. The zero-order chi connectivity index (χ0) is 16.4. The van der Waals surface area contributed by atoms with Gasteiger partial charge in [-0.1, -0.05) is 0 Å². The van der Waals surface area contributed by atoms with E-state index >= 15 is 0 Å². The lowest BCUT2D eigenvalue weighted by molar-refractivity contribution is 0.0947. The Bertz CT molecular complexity index is 449. The second-order valence-corrected chi connectivity index (χ2v) is 5.78. The summed E-state index contributed by atoms with van der Waals surface area (Å²) >= 11 is 0. The minimum absolute atomic E-state index is 0.155. The van der Waals surface area contributed by atoms with Crippen molar-refractivity contribution in [1.29, 1.82) is 0 Å². The molecule has 0 aliphatic rings. The predicted octanol–water partition coefficient (Wildman–Crippen LogP) is 0.522. The molecule has 7 nitrogen and oxygen atoms in total. The predicted molar refractivity (Wildman–Crippen MR) is 89.2 cm³/mol. The Balaban J connectivity index is 2.37. The number of aromatic nitrogens is 2. The van der Waals surface area contributed by atoms with Gasteiger partial charge in [-0.05, 0) is 54.1 Å². The van der Waals surface area contributed by atoms with Crippen molar-refractivity contribution in [3.05, 3.63) is 18.1 Å². The van der Waals surface area contributed by atoms with Crippen molar-refractivity contribution in [2.75, 3.05) is 59.7 Å². The Morgan fingerprint density at radius 2 is 1.68 bits per heavy atom. The van der Waals surface area contributed by atoms with Gasteiger partial charge in [0.25, 0.3) is 5.91 Å². The minimum Gasteiger partial charge on any atom is -0.370 e. The van der Waals surface area contributed by atoms with Gasteiger partial charge in [-0.25, -0.2) is 9.97 Å². The number of nitrogens with zero attached hydrogens (tertiary/aromatic N) is 4. The molecule has 0 unspecified atom stereocenters. The van der Waals surface area contributed by atoms with E-state index < -0.39 is 0 Å². The van der Waals surface area contributed by atoms with E-state index in [1.807, 2.05) is 28.2 Å². The molecule has 0 aromatic carbocycles. The average molecular weight is 308 g/mol. The smallest absolute Gasteiger partial charge is 0.270 e.